The van der Waals surface area contributed by atoms with E-state index >= 15 is 0 Å². The molecule has 190 valence electrons. The van der Waals surface area contributed by atoms with E-state index in [4.69, 9.17) is 9.47 Å². The second kappa shape index (κ2) is 14.6. The monoisotopic (exact) mass is 488 g/mol. The van der Waals surface area contributed by atoms with Gasteiger partial charge in [0.2, 0.25) is 11.8 Å². The van der Waals surface area contributed by atoms with E-state index < -0.39 is 6.04 Å². The molecule has 1 N–H and O–H groups in total. The van der Waals surface area contributed by atoms with Crippen molar-refractivity contribution in [3.63, 3.8) is 0 Å². The van der Waals surface area contributed by atoms with Crippen molar-refractivity contribution in [2.24, 2.45) is 0 Å². The molecule has 1 atom stereocenters. The maximum atomic E-state index is 13.5. The fraction of sp³-hybridized carbons (Fsp3) is 0.333. The van der Waals surface area contributed by atoms with E-state index in [-0.39, 0.29) is 18.2 Å². The van der Waals surface area contributed by atoms with Crippen molar-refractivity contribution in [1.29, 1.82) is 0 Å². The van der Waals surface area contributed by atoms with Crippen molar-refractivity contribution in [3.8, 4) is 11.5 Å². The average molecular weight is 489 g/mol. The van der Waals surface area contributed by atoms with Crippen LogP contribution in [0.5, 0.6) is 11.5 Å². The van der Waals surface area contributed by atoms with Crippen molar-refractivity contribution in [1.82, 2.24) is 10.2 Å². The van der Waals surface area contributed by atoms with Gasteiger partial charge in [-0.15, -0.1) is 0 Å². The van der Waals surface area contributed by atoms with Gasteiger partial charge in [-0.25, -0.2) is 0 Å². The van der Waals surface area contributed by atoms with Crippen molar-refractivity contribution >= 4 is 11.8 Å². The number of carbonyl (C=O) groups is 2. The lowest BCUT2D eigenvalue weighted by molar-refractivity contribution is -0.141. The van der Waals surface area contributed by atoms with Crippen molar-refractivity contribution in [3.05, 3.63) is 96.1 Å². The summed E-state index contributed by atoms with van der Waals surface area (Å²) in [5, 5.41) is 3.00. The highest BCUT2D eigenvalue weighted by molar-refractivity contribution is 5.88. The quantitative estimate of drug-likeness (QED) is 0.324. The van der Waals surface area contributed by atoms with Crippen LogP contribution < -0.4 is 14.8 Å². The molecule has 0 bridgehead atoms. The predicted octanol–water partition coefficient (Wildman–Crippen LogP) is 5.02. The van der Waals surface area contributed by atoms with Gasteiger partial charge in [-0.05, 0) is 48.2 Å². The third kappa shape index (κ3) is 8.45. The number of rotatable bonds is 14. The van der Waals surface area contributed by atoms with Crippen LogP contribution in [-0.4, -0.2) is 43.0 Å². The summed E-state index contributed by atoms with van der Waals surface area (Å²) >= 11 is 0. The molecule has 1 unspecified atom stereocenters. The Kier molecular flexibility index (Phi) is 10.8. The molecular weight excluding hydrogens is 452 g/mol. The van der Waals surface area contributed by atoms with Gasteiger partial charge in [0, 0.05) is 25.9 Å². The predicted molar refractivity (Wildman–Crippen MR) is 142 cm³/mol. The van der Waals surface area contributed by atoms with Gasteiger partial charge in [-0.3, -0.25) is 9.59 Å². The second-order valence-electron chi connectivity index (χ2n) is 8.63. The van der Waals surface area contributed by atoms with E-state index in [1.54, 1.807) is 12.0 Å². The summed E-state index contributed by atoms with van der Waals surface area (Å²) in [6, 6.07) is 26.4. The third-order valence-electron chi connectivity index (χ3n) is 5.88. The van der Waals surface area contributed by atoms with E-state index in [0.717, 1.165) is 29.0 Å². The normalized spacial score (nSPS) is 11.4. The molecule has 3 rings (SSSR count). The molecule has 0 radical (unpaired) electrons. The minimum atomic E-state index is -0.603. The van der Waals surface area contributed by atoms with Crippen LogP contribution in [0.4, 0.5) is 0 Å². The number of carbonyl (C=O) groups excluding carboxylic acids is 2. The van der Waals surface area contributed by atoms with E-state index in [2.05, 4.69) is 5.32 Å². The first-order valence-electron chi connectivity index (χ1n) is 12.5. The maximum absolute atomic E-state index is 13.5. The molecule has 0 saturated carbocycles. The fourth-order valence-electron chi connectivity index (χ4n) is 3.93. The van der Waals surface area contributed by atoms with Crippen LogP contribution in [0.1, 0.15) is 37.3 Å². The number of hydrogen-bond donors (Lipinski definition) is 1. The van der Waals surface area contributed by atoms with E-state index in [0.29, 0.717) is 32.5 Å². The standard InChI is InChI=1S/C30H36N2O4/c1-3-20-31-30(34)28(22-24-11-6-4-7-12-24)32(23-25-13-8-5-9-14-25)29(33)15-10-21-36-27-18-16-26(35-2)17-19-27/h4-9,11-14,16-19,28H,3,10,15,20-23H2,1-2H3,(H,31,34). The summed E-state index contributed by atoms with van der Waals surface area (Å²) in [5.41, 5.74) is 2.00. The van der Waals surface area contributed by atoms with Crippen molar-refractivity contribution in [2.45, 2.75) is 45.2 Å². The molecule has 6 nitrogen and oxygen atoms in total. The fourth-order valence-corrected chi connectivity index (χ4v) is 3.93. The lowest BCUT2D eigenvalue weighted by Gasteiger charge is -2.31. The lowest BCUT2D eigenvalue weighted by Crippen LogP contribution is -2.50. The Balaban J connectivity index is 1.72. The molecule has 3 aromatic carbocycles. The molecule has 0 heterocycles. The molecule has 6 heteroatoms. The third-order valence-corrected chi connectivity index (χ3v) is 5.88. The van der Waals surface area contributed by atoms with E-state index in [1.807, 2.05) is 91.9 Å². The molecule has 0 aromatic heterocycles. The van der Waals surface area contributed by atoms with Crippen LogP contribution in [-0.2, 0) is 22.6 Å². The minimum Gasteiger partial charge on any atom is -0.497 e. The number of benzene rings is 3. The average Bonchev–Trinajstić information content (AvgIpc) is 2.93. The van der Waals surface area contributed by atoms with Crippen LogP contribution in [0.25, 0.3) is 0 Å². The highest BCUT2D eigenvalue weighted by atomic mass is 16.5. The minimum absolute atomic E-state index is 0.0650. The van der Waals surface area contributed by atoms with Crippen LogP contribution in [0.15, 0.2) is 84.9 Å². The van der Waals surface area contributed by atoms with Crippen molar-refractivity contribution < 1.29 is 19.1 Å². The van der Waals surface area contributed by atoms with Gasteiger partial charge < -0.3 is 19.7 Å². The number of ether oxygens (including phenoxy) is 2. The highest BCUT2D eigenvalue weighted by Gasteiger charge is 2.29. The summed E-state index contributed by atoms with van der Waals surface area (Å²) in [6.45, 7) is 3.37. The molecule has 36 heavy (non-hydrogen) atoms. The highest BCUT2D eigenvalue weighted by Crippen LogP contribution is 2.19. The molecular formula is C30H36N2O4. The second-order valence-corrected chi connectivity index (χ2v) is 8.63. The Labute approximate surface area is 214 Å². The first-order valence-corrected chi connectivity index (χ1v) is 12.5. The number of hydrogen-bond acceptors (Lipinski definition) is 4. The molecule has 0 aliphatic heterocycles. The van der Waals surface area contributed by atoms with Gasteiger partial charge in [-0.1, -0.05) is 67.6 Å². The van der Waals surface area contributed by atoms with Gasteiger partial charge in [0.05, 0.1) is 13.7 Å². The molecule has 0 fully saturated rings. The van der Waals surface area contributed by atoms with Crippen LogP contribution in [0, 0.1) is 0 Å². The van der Waals surface area contributed by atoms with Gasteiger partial charge in [0.15, 0.2) is 0 Å². The van der Waals surface area contributed by atoms with E-state index in [1.165, 1.54) is 0 Å². The zero-order chi connectivity index (χ0) is 25.6. The van der Waals surface area contributed by atoms with Crippen LogP contribution in [0.3, 0.4) is 0 Å². The molecule has 0 spiro atoms. The lowest BCUT2D eigenvalue weighted by atomic mass is 10.0. The summed E-state index contributed by atoms with van der Waals surface area (Å²) < 4.78 is 11.0. The van der Waals surface area contributed by atoms with Gasteiger partial charge >= 0.3 is 0 Å². The van der Waals surface area contributed by atoms with Gasteiger partial charge in [0.1, 0.15) is 17.5 Å². The smallest absolute Gasteiger partial charge is 0.243 e. The number of nitrogens with zero attached hydrogens (tertiary/aromatic N) is 1. The number of nitrogens with one attached hydrogen (secondary N) is 1. The topological polar surface area (TPSA) is 67.9 Å². The first kappa shape index (κ1) is 26.8. The summed E-state index contributed by atoms with van der Waals surface area (Å²) in [7, 11) is 1.62. The molecule has 3 aromatic rings. The Morgan fingerprint density at radius 3 is 2.08 bits per heavy atom. The summed E-state index contributed by atoms with van der Waals surface area (Å²) in [4.78, 5) is 28.5. The van der Waals surface area contributed by atoms with Gasteiger partial charge in [0.25, 0.3) is 0 Å². The summed E-state index contributed by atoms with van der Waals surface area (Å²) in [6.07, 6.45) is 2.12. The SMILES string of the molecule is CCCNC(=O)C(Cc1ccccc1)N(Cc1ccccc1)C(=O)CCCOc1ccc(OC)cc1. The zero-order valence-electron chi connectivity index (χ0n) is 21.2. The molecule has 0 saturated heterocycles. The zero-order valence-corrected chi connectivity index (χ0v) is 21.2. The van der Waals surface area contributed by atoms with Crippen LogP contribution >= 0.6 is 0 Å². The summed E-state index contributed by atoms with van der Waals surface area (Å²) in [5.74, 6) is 1.30. The Morgan fingerprint density at radius 2 is 1.47 bits per heavy atom. The Hall–Kier alpha value is -3.80. The Bertz CT molecular complexity index is 1060. The molecule has 2 amide bonds. The van der Waals surface area contributed by atoms with Gasteiger partial charge in [-0.2, -0.15) is 0 Å². The van der Waals surface area contributed by atoms with Crippen LogP contribution in [0.2, 0.25) is 0 Å². The number of amides is 2. The molecule has 0 aliphatic rings. The first-order chi connectivity index (χ1) is 17.6. The maximum Gasteiger partial charge on any atom is 0.243 e. The largest absolute Gasteiger partial charge is 0.497 e. The van der Waals surface area contributed by atoms with Crippen molar-refractivity contribution in [2.75, 3.05) is 20.3 Å². The number of methoxy groups -OCH3 is 1. The molecule has 0 aliphatic carbocycles. The van der Waals surface area contributed by atoms with E-state index in [9.17, 15) is 9.59 Å². The Morgan fingerprint density at radius 1 is 0.861 bits per heavy atom.